The number of piperazine rings is 1. The van der Waals surface area contributed by atoms with Gasteiger partial charge in [-0.2, -0.15) is 9.97 Å². The molecule has 0 saturated carbocycles. The Kier molecular flexibility index (Phi) is 4.93. The molecule has 2 aromatic carbocycles. The Bertz CT molecular complexity index is 1130. The van der Waals surface area contributed by atoms with E-state index in [9.17, 15) is 13.9 Å². The second-order valence-corrected chi connectivity index (χ2v) is 7.80. The second kappa shape index (κ2) is 7.77. The number of phenols is 1. The number of aromatic hydroxyl groups is 1. The van der Waals surface area contributed by atoms with E-state index in [1.807, 2.05) is 0 Å². The Morgan fingerprint density at radius 3 is 2.58 bits per heavy atom. The summed E-state index contributed by atoms with van der Waals surface area (Å²) in [6.45, 7) is 1.36. The van der Waals surface area contributed by atoms with Crippen LogP contribution in [0.25, 0.3) is 10.8 Å². The minimum Gasteiger partial charge on any atom is -0.508 e. The van der Waals surface area contributed by atoms with Crippen molar-refractivity contribution in [2.45, 2.75) is 31.5 Å². The molecule has 5 rings (SSSR count). The average Bonchev–Trinajstić information content (AvgIpc) is 3.11. The molecule has 31 heavy (non-hydrogen) atoms. The van der Waals surface area contributed by atoms with Crippen LogP contribution in [-0.4, -0.2) is 52.3 Å². The lowest BCUT2D eigenvalue weighted by molar-refractivity contribution is 0.270. The highest BCUT2D eigenvalue weighted by atomic mass is 19.2. The van der Waals surface area contributed by atoms with Crippen LogP contribution in [-0.2, 0) is 6.61 Å². The Balaban J connectivity index is 1.44. The summed E-state index contributed by atoms with van der Waals surface area (Å²) >= 11 is 0. The van der Waals surface area contributed by atoms with Gasteiger partial charge in [0.05, 0.1) is 7.11 Å². The molecule has 1 aromatic heterocycles. The zero-order valence-electron chi connectivity index (χ0n) is 16.8. The minimum atomic E-state index is -0.999. The number of methoxy groups -OCH3 is 1. The zero-order chi connectivity index (χ0) is 21.5. The van der Waals surface area contributed by atoms with Crippen molar-refractivity contribution in [3.8, 4) is 17.8 Å². The number of halogens is 2. The summed E-state index contributed by atoms with van der Waals surface area (Å²) in [4.78, 5) is 14.9. The Morgan fingerprint density at radius 1 is 1.10 bits per heavy atom. The van der Waals surface area contributed by atoms with Crippen LogP contribution in [0.3, 0.4) is 0 Å². The van der Waals surface area contributed by atoms with E-state index in [1.54, 1.807) is 0 Å². The summed E-state index contributed by atoms with van der Waals surface area (Å²) in [5, 5.41) is 13.9. The molecule has 0 radical (unpaired) electrons. The third-order valence-electron chi connectivity index (χ3n) is 5.69. The van der Waals surface area contributed by atoms with Crippen molar-refractivity contribution < 1.29 is 23.4 Å². The van der Waals surface area contributed by atoms with Crippen molar-refractivity contribution in [2.75, 3.05) is 25.1 Å². The molecule has 0 amide bonds. The number of rotatable bonds is 5. The van der Waals surface area contributed by atoms with Crippen LogP contribution in [0.4, 0.5) is 14.7 Å². The van der Waals surface area contributed by atoms with Gasteiger partial charge in [-0.3, -0.25) is 0 Å². The fraction of sp³-hybridized carbons (Fsp3) is 0.381. The third kappa shape index (κ3) is 3.78. The Hall–Kier alpha value is -3.27. The first kappa shape index (κ1) is 19.7. The largest absolute Gasteiger partial charge is 0.508 e. The van der Waals surface area contributed by atoms with Gasteiger partial charge >= 0.3 is 12.0 Å². The number of nitrogens with one attached hydrogen (secondary N) is 1. The van der Waals surface area contributed by atoms with Crippen molar-refractivity contribution in [1.29, 1.82) is 0 Å². The van der Waals surface area contributed by atoms with Crippen molar-refractivity contribution >= 4 is 16.7 Å². The number of hydrogen-bond donors (Lipinski definition) is 2. The first-order valence-corrected chi connectivity index (χ1v) is 10.0. The fourth-order valence-electron chi connectivity index (χ4n) is 4.31. The predicted octanol–water partition coefficient (Wildman–Crippen LogP) is 2.54. The predicted molar refractivity (Wildman–Crippen MR) is 108 cm³/mol. The standard InChI is InChI=1S/C21H21F2N5O3/c1-30-20-25-19(28-8-13-3-4-14(9-28)24-13)26-21(27-20)31-10-12-7-15(29)6-11-2-5-16(22)18(23)17(11)12/h2,5-7,13-14,24,29H,3-4,8-10H2,1H3. The van der Waals surface area contributed by atoms with Crippen molar-refractivity contribution in [3.63, 3.8) is 0 Å². The van der Waals surface area contributed by atoms with E-state index in [-0.39, 0.29) is 35.3 Å². The van der Waals surface area contributed by atoms with Crippen LogP contribution in [0.5, 0.6) is 17.8 Å². The summed E-state index contributed by atoms with van der Waals surface area (Å²) in [5.74, 6) is -1.61. The van der Waals surface area contributed by atoms with Crippen LogP contribution in [0.2, 0.25) is 0 Å². The molecule has 8 nitrogen and oxygen atoms in total. The summed E-state index contributed by atoms with van der Waals surface area (Å²) in [6, 6.07) is 6.00. The first-order valence-electron chi connectivity index (χ1n) is 10.0. The van der Waals surface area contributed by atoms with E-state index < -0.39 is 11.6 Å². The van der Waals surface area contributed by atoms with Crippen LogP contribution >= 0.6 is 0 Å². The number of ether oxygens (including phenoxy) is 2. The number of benzene rings is 2. The van der Waals surface area contributed by atoms with Crippen molar-refractivity contribution in [1.82, 2.24) is 20.3 Å². The SMILES string of the molecule is COc1nc(OCc2cc(O)cc3ccc(F)c(F)c23)nc(N2CC3CCC(C2)N3)n1. The van der Waals surface area contributed by atoms with Gasteiger partial charge in [-0.05, 0) is 36.4 Å². The number of phenolic OH excluding ortho intramolecular Hbond substituents is 1. The quantitative estimate of drug-likeness (QED) is 0.639. The van der Waals surface area contributed by atoms with Gasteiger partial charge in [0.1, 0.15) is 12.4 Å². The maximum absolute atomic E-state index is 14.4. The van der Waals surface area contributed by atoms with E-state index in [0.29, 0.717) is 23.4 Å². The zero-order valence-corrected chi connectivity index (χ0v) is 16.8. The van der Waals surface area contributed by atoms with Gasteiger partial charge in [-0.15, -0.1) is 4.98 Å². The highest BCUT2D eigenvalue weighted by Gasteiger charge is 2.33. The number of fused-ring (bicyclic) bond motifs is 3. The molecule has 2 aliphatic heterocycles. The lowest BCUT2D eigenvalue weighted by atomic mass is 10.0. The third-order valence-corrected chi connectivity index (χ3v) is 5.69. The number of aromatic nitrogens is 3. The van der Waals surface area contributed by atoms with E-state index >= 15 is 0 Å². The topological polar surface area (TPSA) is 92.6 Å². The van der Waals surface area contributed by atoms with E-state index in [4.69, 9.17) is 9.47 Å². The summed E-state index contributed by atoms with van der Waals surface area (Å²) in [5.41, 5.74) is 0.271. The molecule has 2 N–H and O–H groups in total. The Labute approximate surface area is 176 Å². The summed E-state index contributed by atoms with van der Waals surface area (Å²) < 4.78 is 39.1. The minimum absolute atomic E-state index is 0.000957. The second-order valence-electron chi connectivity index (χ2n) is 7.80. The molecule has 2 atom stereocenters. The van der Waals surface area contributed by atoms with Gasteiger partial charge in [0, 0.05) is 36.1 Å². The molecule has 3 heterocycles. The van der Waals surface area contributed by atoms with Gasteiger partial charge in [0.15, 0.2) is 11.6 Å². The molecule has 3 aromatic rings. The van der Waals surface area contributed by atoms with Gasteiger partial charge in [0.25, 0.3) is 0 Å². The monoisotopic (exact) mass is 429 g/mol. The number of anilines is 1. The van der Waals surface area contributed by atoms with Crippen molar-refractivity contribution in [3.05, 3.63) is 41.5 Å². The fourth-order valence-corrected chi connectivity index (χ4v) is 4.31. The summed E-state index contributed by atoms with van der Waals surface area (Å²) in [7, 11) is 1.45. The van der Waals surface area contributed by atoms with E-state index in [2.05, 4.69) is 25.2 Å². The van der Waals surface area contributed by atoms with E-state index in [0.717, 1.165) is 32.0 Å². The van der Waals surface area contributed by atoms with Crippen LogP contribution in [0.1, 0.15) is 18.4 Å². The molecule has 2 unspecified atom stereocenters. The first-order chi connectivity index (χ1) is 15.0. The molecule has 2 aliphatic rings. The molecule has 2 saturated heterocycles. The molecule has 162 valence electrons. The summed E-state index contributed by atoms with van der Waals surface area (Å²) in [6.07, 6.45) is 2.22. The lowest BCUT2D eigenvalue weighted by Crippen LogP contribution is -2.51. The lowest BCUT2D eigenvalue weighted by Gasteiger charge is -2.32. The molecule has 0 spiro atoms. The molecular weight excluding hydrogens is 408 g/mol. The highest BCUT2D eigenvalue weighted by molar-refractivity contribution is 5.87. The maximum atomic E-state index is 14.4. The number of nitrogens with zero attached hydrogens (tertiary/aromatic N) is 4. The molecule has 10 heteroatoms. The van der Waals surface area contributed by atoms with E-state index in [1.165, 1.54) is 25.3 Å². The van der Waals surface area contributed by atoms with Crippen molar-refractivity contribution in [2.24, 2.45) is 0 Å². The van der Waals surface area contributed by atoms with Gasteiger partial charge in [0.2, 0.25) is 5.95 Å². The molecular formula is C21H21F2N5O3. The van der Waals surface area contributed by atoms with Gasteiger partial charge in [-0.1, -0.05) is 6.07 Å². The maximum Gasteiger partial charge on any atom is 0.324 e. The Morgan fingerprint density at radius 2 is 1.84 bits per heavy atom. The van der Waals surface area contributed by atoms with Gasteiger partial charge in [-0.25, -0.2) is 8.78 Å². The van der Waals surface area contributed by atoms with Crippen LogP contribution in [0.15, 0.2) is 24.3 Å². The normalized spacial score (nSPS) is 20.3. The average molecular weight is 429 g/mol. The number of hydrogen-bond acceptors (Lipinski definition) is 8. The van der Waals surface area contributed by atoms with Gasteiger partial charge < -0.3 is 24.8 Å². The molecule has 2 bridgehead atoms. The smallest absolute Gasteiger partial charge is 0.324 e. The van der Waals surface area contributed by atoms with Crippen LogP contribution < -0.4 is 19.7 Å². The highest BCUT2D eigenvalue weighted by Crippen LogP contribution is 2.30. The van der Waals surface area contributed by atoms with Crippen LogP contribution in [0, 0.1) is 11.6 Å². The molecule has 2 fully saturated rings. The molecule has 0 aliphatic carbocycles.